The standard InChI is InChI=1S/C15H33N3/c1-14(2)12-15(13-16)6-9-17(3)10-11-18-7-4-5-8-18/h14-15H,4-13,16H2,1-3H3. The lowest BCUT2D eigenvalue weighted by Gasteiger charge is -2.24. The molecule has 1 saturated heterocycles. The van der Waals surface area contributed by atoms with Gasteiger partial charge in [0.1, 0.15) is 0 Å². The predicted molar refractivity (Wildman–Crippen MR) is 79.8 cm³/mol. The van der Waals surface area contributed by atoms with Crippen LogP contribution in [0.5, 0.6) is 0 Å². The highest BCUT2D eigenvalue weighted by molar-refractivity contribution is 4.69. The summed E-state index contributed by atoms with van der Waals surface area (Å²) in [5.41, 5.74) is 5.85. The van der Waals surface area contributed by atoms with E-state index < -0.39 is 0 Å². The van der Waals surface area contributed by atoms with Crippen LogP contribution in [0.1, 0.15) is 39.5 Å². The Bertz CT molecular complexity index is 200. The highest BCUT2D eigenvalue weighted by Gasteiger charge is 2.13. The molecule has 1 fully saturated rings. The van der Waals surface area contributed by atoms with E-state index in [1.165, 1.54) is 58.4 Å². The summed E-state index contributed by atoms with van der Waals surface area (Å²) in [6, 6.07) is 0. The number of hydrogen-bond acceptors (Lipinski definition) is 3. The minimum Gasteiger partial charge on any atom is -0.330 e. The van der Waals surface area contributed by atoms with Gasteiger partial charge in [0.2, 0.25) is 0 Å². The van der Waals surface area contributed by atoms with Gasteiger partial charge >= 0.3 is 0 Å². The molecule has 3 nitrogen and oxygen atoms in total. The Kier molecular flexibility index (Phi) is 7.87. The molecule has 1 aliphatic heterocycles. The Hall–Kier alpha value is -0.120. The summed E-state index contributed by atoms with van der Waals surface area (Å²) in [6.45, 7) is 11.7. The van der Waals surface area contributed by atoms with Crippen LogP contribution in [0.25, 0.3) is 0 Å². The molecule has 2 N–H and O–H groups in total. The summed E-state index contributed by atoms with van der Waals surface area (Å²) >= 11 is 0. The van der Waals surface area contributed by atoms with Gasteiger partial charge in [-0.2, -0.15) is 0 Å². The summed E-state index contributed by atoms with van der Waals surface area (Å²) in [5, 5.41) is 0. The van der Waals surface area contributed by atoms with E-state index in [-0.39, 0.29) is 0 Å². The van der Waals surface area contributed by atoms with Crippen LogP contribution in [0, 0.1) is 11.8 Å². The Balaban J connectivity index is 2.08. The lowest BCUT2D eigenvalue weighted by molar-refractivity contribution is 0.239. The van der Waals surface area contributed by atoms with Crippen molar-refractivity contribution in [1.29, 1.82) is 0 Å². The SMILES string of the molecule is CC(C)CC(CN)CCN(C)CCN1CCCC1. The van der Waals surface area contributed by atoms with E-state index in [2.05, 4.69) is 30.7 Å². The van der Waals surface area contributed by atoms with Crippen LogP contribution in [0.4, 0.5) is 0 Å². The fourth-order valence-corrected chi connectivity index (χ4v) is 2.83. The zero-order valence-electron chi connectivity index (χ0n) is 12.7. The van der Waals surface area contributed by atoms with Crippen LogP contribution in [-0.2, 0) is 0 Å². The monoisotopic (exact) mass is 255 g/mol. The number of nitrogens with zero attached hydrogens (tertiary/aromatic N) is 2. The summed E-state index contributed by atoms with van der Waals surface area (Å²) < 4.78 is 0. The summed E-state index contributed by atoms with van der Waals surface area (Å²) in [5.74, 6) is 1.48. The predicted octanol–water partition coefficient (Wildman–Crippen LogP) is 2.03. The van der Waals surface area contributed by atoms with Crippen molar-refractivity contribution in [2.24, 2.45) is 17.6 Å². The second-order valence-electron chi connectivity index (χ2n) is 6.37. The molecule has 108 valence electrons. The number of hydrogen-bond donors (Lipinski definition) is 1. The average Bonchev–Trinajstić information content (AvgIpc) is 2.84. The van der Waals surface area contributed by atoms with E-state index in [4.69, 9.17) is 5.73 Å². The van der Waals surface area contributed by atoms with Gasteiger partial charge in [0.25, 0.3) is 0 Å². The fourth-order valence-electron chi connectivity index (χ4n) is 2.83. The zero-order chi connectivity index (χ0) is 13.4. The van der Waals surface area contributed by atoms with E-state index in [1.54, 1.807) is 0 Å². The molecule has 1 rings (SSSR count). The Morgan fingerprint density at radius 1 is 1.17 bits per heavy atom. The van der Waals surface area contributed by atoms with Crippen molar-refractivity contribution in [1.82, 2.24) is 9.80 Å². The molecule has 1 unspecified atom stereocenters. The maximum Gasteiger partial charge on any atom is 0.0109 e. The molecule has 0 saturated carbocycles. The van der Waals surface area contributed by atoms with Gasteiger partial charge in [-0.25, -0.2) is 0 Å². The number of likely N-dealkylation sites (tertiary alicyclic amines) is 1. The molecular formula is C15H33N3. The summed E-state index contributed by atoms with van der Waals surface area (Å²) in [7, 11) is 2.25. The van der Waals surface area contributed by atoms with E-state index in [1.807, 2.05) is 0 Å². The molecule has 3 heteroatoms. The molecule has 0 aromatic carbocycles. The van der Waals surface area contributed by atoms with Crippen LogP contribution in [0.2, 0.25) is 0 Å². The Morgan fingerprint density at radius 3 is 2.39 bits per heavy atom. The van der Waals surface area contributed by atoms with Crippen molar-refractivity contribution in [2.45, 2.75) is 39.5 Å². The van der Waals surface area contributed by atoms with E-state index in [0.29, 0.717) is 5.92 Å². The van der Waals surface area contributed by atoms with Gasteiger partial charge in [-0.1, -0.05) is 13.8 Å². The molecule has 1 aliphatic rings. The molecular weight excluding hydrogens is 222 g/mol. The molecule has 0 amide bonds. The van der Waals surface area contributed by atoms with Crippen molar-refractivity contribution in [3.63, 3.8) is 0 Å². The highest BCUT2D eigenvalue weighted by Crippen LogP contribution is 2.14. The largest absolute Gasteiger partial charge is 0.330 e. The molecule has 0 radical (unpaired) electrons. The first-order chi connectivity index (χ1) is 8.61. The molecule has 18 heavy (non-hydrogen) atoms. The molecule has 1 heterocycles. The maximum absolute atomic E-state index is 5.85. The second-order valence-corrected chi connectivity index (χ2v) is 6.37. The van der Waals surface area contributed by atoms with Crippen LogP contribution in [0.15, 0.2) is 0 Å². The van der Waals surface area contributed by atoms with Crippen LogP contribution >= 0.6 is 0 Å². The van der Waals surface area contributed by atoms with Crippen molar-refractivity contribution >= 4 is 0 Å². The van der Waals surface area contributed by atoms with Gasteiger partial charge in [-0.05, 0) is 70.7 Å². The van der Waals surface area contributed by atoms with Gasteiger partial charge in [-0.15, -0.1) is 0 Å². The van der Waals surface area contributed by atoms with Crippen molar-refractivity contribution < 1.29 is 0 Å². The molecule has 0 bridgehead atoms. The number of nitrogens with two attached hydrogens (primary N) is 1. The third-order valence-corrected chi connectivity index (χ3v) is 4.05. The zero-order valence-corrected chi connectivity index (χ0v) is 12.7. The minimum absolute atomic E-state index is 0.708. The molecule has 0 aliphatic carbocycles. The summed E-state index contributed by atoms with van der Waals surface area (Å²) in [6.07, 6.45) is 5.32. The molecule has 0 aromatic heterocycles. The third-order valence-electron chi connectivity index (χ3n) is 4.05. The van der Waals surface area contributed by atoms with Crippen molar-refractivity contribution in [2.75, 3.05) is 46.3 Å². The van der Waals surface area contributed by atoms with Gasteiger partial charge in [-0.3, -0.25) is 0 Å². The summed E-state index contributed by atoms with van der Waals surface area (Å²) in [4.78, 5) is 5.06. The smallest absolute Gasteiger partial charge is 0.0109 e. The van der Waals surface area contributed by atoms with Gasteiger partial charge in [0.05, 0.1) is 0 Å². The fraction of sp³-hybridized carbons (Fsp3) is 1.00. The first-order valence-corrected chi connectivity index (χ1v) is 7.72. The third kappa shape index (κ3) is 6.72. The van der Waals surface area contributed by atoms with Crippen molar-refractivity contribution in [3.8, 4) is 0 Å². The topological polar surface area (TPSA) is 32.5 Å². The normalized spacial score (nSPS) is 19.0. The number of rotatable bonds is 9. The van der Waals surface area contributed by atoms with Gasteiger partial charge in [0.15, 0.2) is 0 Å². The van der Waals surface area contributed by atoms with Crippen LogP contribution < -0.4 is 5.73 Å². The maximum atomic E-state index is 5.85. The quantitative estimate of drug-likeness (QED) is 0.684. The minimum atomic E-state index is 0.708. The molecule has 1 atom stereocenters. The van der Waals surface area contributed by atoms with E-state index in [0.717, 1.165) is 12.5 Å². The van der Waals surface area contributed by atoms with Gasteiger partial charge < -0.3 is 15.5 Å². The van der Waals surface area contributed by atoms with Crippen LogP contribution in [-0.4, -0.2) is 56.1 Å². The Labute approximate surface area is 114 Å². The van der Waals surface area contributed by atoms with E-state index >= 15 is 0 Å². The molecule has 0 aromatic rings. The van der Waals surface area contributed by atoms with Crippen molar-refractivity contribution in [3.05, 3.63) is 0 Å². The first-order valence-electron chi connectivity index (χ1n) is 7.72. The first kappa shape index (κ1) is 15.9. The molecule has 0 spiro atoms. The lowest BCUT2D eigenvalue weighted by Crippen LogP contribution is -2.33. The van der Waals surface area contributed by atoms with Crippen LogP contribution in [0.3, 0.4) is 0 Å². The van der Waals surface area contributed by atoms with Gasteiger partial charge in [0, 0.05) is 13.1 Å². The lowest BCUT2D eigenvalue weighted by atomic mass is 9.94. The second kappa shape index (κ2) is 8.89. The van der Waals surface area contributed by atoms with E-state index in [9.17, 15) is 0 Å². The highest BCUT2D eigenvalue weighted by atomic mass is 15.2. The Morgan fingerprint density at radius 2 is 1.83 bits per heavy atom. The average molecular weight is 255 g/mol. The number of likely N-dealkylation sites (N-methyl/N-ethyl adjacent to an activating group) is 1.